The van der Waals surface area contributed by atoms with E-state index >= 15 is 0 Å². The van der Waals surface area contributed by atoms with Crippen molar-refractivity contribution in [2.45, 2.75) is 6.42 Å². The predicted octanol–water partition coefficient (Wildman–Crippen LogP) is 2.93. The summed E-state index contributed by atoms with van der Waals surface area (Å²) in [6.07, 6.45) is 0.768. The minimum Gasteiger partial charge on any atom is -0.492 e. The van der Waals surface area contributed by atoms with Crippen LogP contribution in [0.1, 0.15) is 15.9 Å². The average molecular weight is 514 g/mol. The Labute approximate surface area is 188 Å². The molecule has 0 saturated carbocycles. The Balaban J connectivity index is 0.00000420. The topological polar surface area (TPSA) is 66.0 Å². The van der Waals surface area contributed by atoms with E-state index in [1.54, 1.807) is 32.3 Å². The molecule has 0 saturated heterocycles. The van der Waals surface area contributed by atoms with Gasteiger partial charge in [0.25, 0.3) is 5.91 Å². The van der Waals surface area contributed by atoms with E-state index in [1.807, 2.05) is 30.1 Å². The molecule has 2 aromatic rings. The Hall–Kier alpha value is -2.36. The fourth-order valence-corrected chi connectivity index (χ4v) is 2.65. The molecule has 6 nitrogen and oxygen atoms in total. The lowest BCUT2D eigenvalue weighted by Crippen LogP contribution is -2.41. The van der Waals surface area contributed by atoms with Gasteiger partial charge in [-0.05, 0) is 48.4 Å². The van der Waals surface area contributed by atoms with Crippen molar-refractivity contribution in [3.8, 4) is 5.75 Å². The second-order valence-corrected chi connectivity index (χ2v) is 6.23. The van der Waals surface area contributed by atoms with Crippen LogP contribution in [-0.4, -0.2) is 57.6 Å². The first-order valence-corrected chi connectivity index (χ1v) is 9.14. The summed E-state index contributed by atoms with van der Waals surface area (Å²) >= 11 is 0. The first-order chi connectivity index (χ1) is 13.5. The first-order valence-electron chi connectivity index (χ1n) is 9.14. The number of aliphatic imine (C=N–C) groups is 1. The van der Waals surface area contributed by atoms with Gasteiger partial charge in [0.05, 0.1) is 6.54 Å². The lowest BCUT2D eigenvalue weighted by atomic mass is 10.1. The second-order valence-electron chi connectivity index (χ2n) is 6.23. The van der Waals surface area contributed by atoms with Gasteiger partial charge in [0.15, 0.2) is 5.96 Å². The number of hydrogen-bond donors (Lipinski definition) is 2. The normalized spacial score (nSPS) is 10.7. The molecule has 8 heteroatoms. The summed E-state index contributed by atoms with van der Waals surface area (Å²) in [5, 5.41) is 5.94. The number of rotatable bonds is 8. The summed E-state index contributed by atoms with van der Waals surface area (Å²) in [6.45, 7) is 1.77. The van der Waals surface area contributed by atoms with Crippen LogP contribution in [0, 0.1) is 5.82 Å². The molecule has 0 aliphatic rings. The zero-order valence-electron chi connectivity index (χ0n) is 16.9. The van der Waals surface area contributed by atoms with Crippen molar-refractivity contribution in [3.63, 3.8) is 0 Å². The van der Waals surface area contributed by atoms with E-state index in [1.165, 1.54) is 12.1 Å². The monoisotopic (exact) mass is 514 g/mol. The summed E-state index contributed by atoms with van der Waals surface area (Å²) < 4.78 is 18.5. The summed E-state index contributed by atoms with van der Waals surface area (Å²) in [7, 11) is 5.28. The summed E-state index contributed by atoms with van der Waals surface area (Å²) in [4.78, 5) is 18.0. The zero-order valence-corrected chi connectivity index (χ0v) is 19.3. The highest BCUT2D eigenvalue weighted by Crippen LogP contribution is 2.10. The summed E-state index contributed by atoms with van der Waals surface area (Å²) in [6, 6.07) is 13.5. The molecule has 0 radical (unpaired) electrons. The Bertz CT molecular complexity index is 800. The van der Waals surface area contributed by atoms with Gasteiger partial charge < -0.3 is 20.3 Å². The van der Waals surface area contributed by atoms with Crippen molar-refractivity contribution in [1.29, 1.82) is 0 Å². The van der Waals surface area contributed by atoms with Gasteiger partial charge in [-0.1, -0.05) is 12.1 Å². The van der Waals surface area contributed by atoms with Crippen molar-refractivity contribution in [1.82, 2.24) is 15.5 Å². The molecule has 29 heavy (non-hydrogen) atoms. The molecule has 0 unspecified atom stereocenters. The van der Waals surface area contributed by atoms with Crippen LogP contribution in [0.25, 0.3) is 0 Å². The molecule has 0 aliphatic heterocycles. The molecule has 0 atom stereocenters. The van der Waals surface area contributed by atoms with Crippen molar-refractivity contribution >= 4 is 35.8 Å². The van der Waals surface area contributed by atoms with Crippen molar-refractivity contribution in [2.75, 3.05) is 40.8 Å². The number of ether oxygens (including phenoxy) is 1. The number of amides is 1. The van der Waals surface area contributed by atoms with E-state index in [9.17, 15) is 9.18 Å². The molecule has 0 spiro atoms. The van der Waals surface area contributed by atoms with Crippen molar-refractivity contribution < 1.29 is 13.9 Å². The van der Waals surface area contributed by atoms with Gasteiger partial charge in [-0.25, -0.2) is 4.39 Å². The van der Waals surface area contributed by atoms with Crippen molar-refractivity contribution in [3.05, 3.63) is 65.5 Å². The maximum absolute atomic E-state index is 12.9. The highest BCUT2D eigenvalue weighted by Gasteiger charge is 2.07. The molecule has 0 bridgehead atoms. The third-order valence-corrected chi connectivity index (χ3v) is 4.20. The van der Waals surface area contributed by atoms with Gasteiger partial charge in [-0.15, -0.1) is 24.0 Å². The van der Waals surface area contributed by atoms with E-state index < -0.39 is 0 Å². The van der Waals surface area contributed by atoms with E-state index in [-0.39, 0.29) is 35.7 Å². The Morgan fingerprint density at radius 1 is 1.21 bits per heavy atom. The Morgan fingerprint density at radius 3 is 2.59 bits per heavy atom. The number of guanidine groups is 1. The molecule has 1 amide bonds. The minimum absolute atomic E-state index is 0. The summed E-state index contributed by atoms with van der Waals surface area (Å²) in [5.74, 6) is 1.01. The lowest BCUT2D eigenvalue weighted by Gasteiger charge is -2.22. The summed E-state index contributed by atoms with van der Waals surface area (Å²) in [5.41, 5.74) is 1.73. The molecule has 2 aromatic carbocycles. The molecule has 0 aromatic heterocycles. The quantitative estimate of drug-likeness (QED) is 0.323. The number of likely N-dealkylation sites (N-methyl/N-ethyl adjacent to an activating group) is 1. The van der Waals surface area contributed by atoms with Crippen LogP contribution < -0.4 is 15.4 Å². The maximum atomic E-state index is 12.9. The number of carbonyl (C=O) groups is 1. The van der Waals surface area contributed by atoms with E-state index in [2.05, 4.69) is 15.6 Å². The Morgan fingerprint density at radius 2 is 1.93 bits per heavy atom. The Kier molecular flexibility index (Phi) is 11.0. The molecule has 0 aliphatic carbocycles. The average Bonchev–Trinajstić information content (AvgIpc) is 2.72. The van der Waals surface area contributed by atoms with Gasteiger partial charge in [-0.2, -0.15) is 0 Å². The third-order valence-electron chi connectivity index (χ3n) is 4.20. The van der Waals surface area contributed by atoms with Crippen LogP contribution in [0.4, 0.5) is 4.39 Å². The highest BCUT2D eigenvalue weighted by molar-refractivity contribution is 14.0. The van der Waals surface area contributed by atoms with Gasteiger partial charge in [0.2, 0.25) is 0 Å². The van der Waals surface area contributed by atoms with E-state index in [4.69, 9.17) is 4.74 Å². The van der Waals surface area contributed by atoms with Crippen molar-refractivity contribution in [2.24, 2.45) is 4.99 Å². The smallest absolute Gasteiger partial charge is 0.251 e. The third kappa shape index (κ3) is 8.26. The standard InChI is InChI=1S/C21H27FN4O2.HI/c1-23-20(27)17-6-4-5-16(15-17)11-12-25-21(24-2)26(3)13-14-28-19-9-7-18(22)8-10-19;/h4-10,15H,11-14H2,1-3H3,(H,23,27)(H,24,25);1H. The number of halogens is 2. The van der Waals surface area contributed by atoms with Crippen LogP contribution in [0.5, 0.6) is 5.75 Å². The van der Waals surface area contributed by atoms with Crippen LogP contribution in [0.3, 0.4) is 0 Å². The number of nitrogens with zero attached hydrogens (tertiary/aromatic N) is 2. The first kappa shape index (κ1) is 24.7. The molecular formula is C21H28FIN4O2. The van der Waals surface area contributed by atoms with Crippen LogP contribution in [-0.2, 0) is 6.42 Å². The SMILES string of the molecule is CN=C(NCCc1cccc(C(=O)NC)c1)N(C)CCOc1ccc(F)cc1.I. The van der Waals surface area contributed by atoms with Crippen LogP contribution in [0.15, 0.2) is 53.5 Å². The lowest BCUT2D eigenvalue weighted by molar-refractivity contribution is 0.0963. The molecule has 158 valence electrons. The molecule has 0 heterocycles. The van der Waals surface area contributed by atoms with Crippen LogP contribution >= 0.6 is 24.0 Å². The van der Waals surface area contributed by atoms with Crippen LogP contribution in [0.2, 0.25) is 0 Å². The molecule has 0 fully saturated rings. The number of nitrogens with one attached hydrogen (secondary N) is 2. The number of carbonyl (C=O) groups excluding carboxylic acids is 1. The van der Waals surface area contributed by atoms with Gasteiger partial charge >= 0.3 is 0 Å². The van der Waals surface area contributed by atoms with Gasteiger partial charge in [0, 0.05) is 33.3 Å². The van der Waals surface area contributed by atoms with Gasteiger partial charge in [-0.3, -0.25) is 9.79 Å². The second kappa shape index (κ2) is 13.0. The number of benzene rings is 2. The van der Waals surface area contributed by atoms with Gasteiger partial charge in [0.1, 0.15) is 18.2 Å². The fourth-order valence-electron chi connectivity index (χ4n) is 2.65. The fraction of sp³-hybridized carbons (Fsp3) is 0.333. The maximum Gasteiger partial charge on any atom is 0.251 e. The number of hydrogen-bond acceptors (Lipinski definition) is 3. The van der Waals surface area contributed by atoms with E-state index in [0.29, 0.717) is 31.0 Å². The van der Waals surface area contributed by atoms with E-state index in [0.717, 1.165) is 17.9 Å². The highest BCUT2D eigenvalue weighted by atomic mass is 127. The predicted molar refractivity (Wildman–Crippen MR) is 125 cm³/mol. The molecule has 2 N–H and O–H groups in total. The zero-order chi connectivity index (χ0) is 20.4. The largest absolute Gasteiger partial charge is 0.492 e. The minimum atomic E-state index is -0.282. The molecular weight excluding hydrogens is 486 g/mol. The molecule has 2 rings (SSSR count).